The van der Waals surface area contributed by atoms with Crippen molar-refractivity contribution >= 4 is 29.2 Å². The van der Waals surface area contributed by atoms with Gasteiger partial charge in [-0.1, -0.05) is 48.0 Å². The summed E-state index contributed by atoms with van der Waals surface area (Å²) in [6, 6.07) is 1.90. The third-order valence-electron chi connectivity index (χ3n) is 6.30. The molecule has 1 aromatic rings. The molecule has 0 aromatic heterocycles. The van der Waals surface area contributed by atoms with Gasteiger partial charge in [-0.3, -0.25) is 4.79 Å². The van der Waals surface area contributed by atoms with E-state index in [1.807, 2.05) is 43.0 Å². The van der Waals surface area contributed by atoms with E-state index in [-0.39, 0.29) is 12.5 Å². The predicted molar refractivity (Wildman–Crippen MR) is 135 cm³/mol. The van der Waals surface area contributed by atoms with Crippen molar-refractivity contribution < 1.29 is 19.2 Å². The molecule has 2 heterocycles. The summed E-state index contributed by atoms with van der Waals surface area (Å²) in [6.07, 6.45) is 12.7. The molecular formula is C27H35ClN2O4. The van der Waals surface area contributed by atoms with Crippen molar-refractivity contribution in [2.45, 2.75) is 59.3 Å². The number of esters is 1. The zero-order chi connectivity index (χ0) is 24.5. The topological polar surface area (TPSA) is 68.2 Å². The van der Waals surface area contributed by atoms with Crippen LogP contribution in [0.15, 0.2) is 35.5 Å². The highest BCUT2D eigenvalue weighted by Crippen LogP contribution is 2.29. The smallest absolute Gasteiger partial charge is 0.338 e. The molecule has 0 saturated carbocycles. The number of nitrogens with zero attached hydrogens (tertiary/aromatic N) is 2. The van der Waals surface area contributed by atoms with Crippen molar-refractivity contribution in [2.24, 2.45) is 11.1 Å². The molecule has 0 radical (unpaired) electrons. The van der Waals surface area contributed by atoms with Gasteiger partial charge in [0, 0.05) is 24.5 Å². The molecule has 1 saturated heterocycles. The van der Waals surface area contributed by atoms with Gasteiger partial charge in [-0.25, -0.2) is 4.79 Å². The Kier molecular flexibility index (Phi) is 9.75. The highest BCUT2D eigenvalue weighted by molar-refractivity contribution is 6.33. The zero-order valence-electron chi connectivity index (χ0n) is 20.4. The number of benzene rings is 1. The first-order chi connectivity index (χ1) is 16.4. The van der Waals surface area contributed by atoms with Crippen LogP contribution in [0.25, 0.3) is 0 Å². The molecule has 7 heteroatoms. The Morgan fingerprint density at radius 3 is 2.62 bits per heavy atom. The predicted octanol–water partition coefficient (Wildman–Crippen LogP) is 5.58. The van der Waals surface area contributed by atoms with E-state index in [1.54, 1.807) is 0 Å². The molecular weight excluding hydrogens is 452 g/mol. The summed E-state index contributed by atoms with van der Waals surface area (Å²) in [6.45, 7) is 7.74. The maximum Gasteiger partial charge on any atom is 0.338 e. The van der Waals surface area contributed by atoms with Crippen LogP contribution >= 0.6 is 11.6 Å². The number of hydrogen-bond donors (Lipinski definition) is 0. The third kappa shape index (κ3) is 7.20. The van der Waals surface area contributed by atoms with Gasteiger partial charge >= 0.3 is 5.97 Å². The van der Waals surface area contributed by atoms with E-state index in [0.717, 1.165) is 49.9 Å². The Morgan fingerprint density at radius 2 is 1.85 bits per heavy atom. The number of carbonyl (C=O) groups excluding carboxylic acids is 2. The molecule has 1 amide bonds. The van der Waals surface area contributed by atoms with E-state index >= 15 is 0 Å². The van der Waals surface area contributed by atoms with Gasteiger partial charge in [-0.15, -0.1) is 0 Å². The summed E-state index contributed by atoms with van der Waals surface area (Å²) in [5, 5.41) is 4.80. The van der Waals surface area contributed by atoms with E-state index in [2.05, 4.69) is 18.2 Å². The third-order valence-corrected chi connectivity index (χ3v) is 6.83. The average Bonchev–Trinajstić information content (AvgIpc) is 2.80. The summed E-state index contributed by atoms with van der Waals surface area (Å²) in [7, 11) is 0. The van der Waals surface area contributed by atoms with Crippen molar-refractivity contribution in [1.29, 1.82) is 0 Å². The van der Waals surface area contributed by atoms with Crippen LogP contribution in [-0.2, 0) is 20.8 Å². The normalized spacial score (nSPS) is 20.4. The van der Waals surface area contributed by atoms with Crippen molar-refractivity contribution in [3.8, 4) is 0 Å². The second-order valence-corrected chi connectivity index (χ2v) is 9.53. The van der Waals surface area contributed by atoms with Crippen molar-refractivity contribution in [3.05, 3.63) is 57.6 Å². The second kappa shape index (κ2) is 12.7. The lowest BCUT2D eigenvalue weighted by molar-refractivity contribution is -0.137. The number of fused-ring (bicyclic) bond motifs is 1. The maximum absolute atomic E-state index is 12.9. The molecule has 0 N–H and O–H groups in total. The minimum absolute atomic E-state index is 0.0556. The number of aryl methyl sites for hydroxylation is 2. The van der Waals surface area contributed by atoms with Gasteiger partial charge in [0.2, 0.25) is 0 Å². The van der Waals surface area contributed by atoms with Crippen LogP contribution in [0, 0.1) is 19.8 Å². The van der Waals surface area contributed by atoms with Gasteiger partial charge in [-0.05, 0) is 74.6 Å². The second-order valence-electron chi connectivity index (χ2n) is 9.15. The van der Waals surface area contributed by atoms with Crippen molar-refractivity contribution in [1.82, 2.24) is 4.90 Å². The molecule has 0 unspecified atom stereocenters. The van der Waals surface area contributed by atoms with Crippen LogP contribution < -0.4 is 0 Å². The summed E-state index contributed by atoms with van der Waals surface area (Å²) >= 11 is 6.66. The first-order valence-electron chi connectivity index (χ1n) is 12.1. The minimum Gasteiger partial charge on any atom is -0.462 e. The van der Waals surface area contributed by atoms with Gasteiger partial charge in [0.05, 0.1) is 17.9 Å². The van der Waals surface area contributed by atoms with Crippen molar-refractivity contribution in [3.63, 3.8) is 0 Å². The number of oxime groups is 1. The number of halogens is 1. The molecule has 2 aliphatic rings. The molecule has 2 aliphatic heterocycles. The highest BCUT2D eigenvalue weighted by Gasteiger charge is 2.23. The molecule has 1 fully saturated rings. The Balaban J connectivity index is 1.83. The molecule has 184 valence electrons. The van der Waals surface area contributed by atoms with Crippen molar-refractivity contribution in [2.75, 3.05) is 26.3 Å². The lowest BCUT2D eigenvalue weighted by Gasteiger charge is -2.29. The van der Waals surface area contributed by atoms with Crippen LogP contribution in [-0.4, -0.2) is 48.8 Å². The quantitative estimate of drug-likeness (QED) is 0.317. The number of cyclic esters (lactones) is 1. The minimum atomic E-state index is -0.390. The lowest BCUT2D eigenvalue weighted by Crippen LogP contribution is -2.39. The molecule has 6 nitrogen and oxygen atoms in total. The van der Waals surface area contributed by atoms with Gasteiger partial charge in [0.25, 0.3) is 5.91 Å². The van der Waals surface area contributed by atoms with E-state index in [1.165, 1.54) is 0 Å². The van der Waals surface area contributed by atoms with Crippen LogP contribution in [0.1, 0.15) is 66.1 Å². The van der Waals surface area contributed by atoms with Crippen LogP contribution in [0.5, 0.6) is 0 Å². The van der Waals surface area contributed by atoms with Crippen LogP contribution in [0.3, 0.4) is 0 Å². The highest BCUT2D eigenvalue weighted by atomic mass is 35.5. The Hall–Kier alpha value is -2.60. The largest absolute Gasteiger partial charge is 0.462 e. The molecule has 0 aliphatic carbocycles. The number of likely N-dealkylation sites (tertiary alicyclic amines) is 1. The van der Waals surface area contributed by atoms with E-state index in [0.29, 0.717) is 47.2 Å². The number of allylic oxidation sites excluding steroid dienone is 3. The van der Waals surface area contributed by atoms with Gasteiger partial charge in [0.1, 0.15) is 0 Å². The summed E-state index contributed by atoms with van der Waals surface area (Å²) in [4.78, 5) is 32.8. The Morgan fingerprint density at radius 1 is 1.15 bits per heavy atom. The monoisotopic (exact) mass is 486 g/mol. The Bertz CT molecular complexity index is 975. The Labute approximate surface area is 207 Å². The molecule has 1 aromatic carbocycles. The average molecular weight is 487 g/mol. The molecule has 3 rings (SSSR count). The number of carbonyl (C=O) groups is 2. The fourth-order valence-electron chi connectivity index (χ4n) is 4.26. The SMILES string of the molecule is Cc1cc(C)c2c(c1Cl)CC(=NOCC(=O)N1CCC(C)CC1)C=CCC/C=C/CCOC2=O. The maximum atomic E-state index is 12.9. The first kappa shape index (κ1) is 26.0. The van der Waals surface area contributed by atoms with Gasteiger partial charge in [-0.2, -0.15) is 0 Å². The molecule has 0 bridgehead atoms. The van der Waals surface area contributed by atoms with Crippen LogP contribution in [0.4, 0.5) is 0 Å². The zero-order valence-corrected chi connectivity index (χ0v) is 21.2. The number of piperidine rings is 1. The fourth-order valence-corrected chi connectivity index (χ4v) is 4.47. The standard InChI is InChI=1S/C27H35ClN2O4/c1-19-11-13-30(14-12-19)24(31)18-34-29-22-10-8-6-4-5-7-9-15-33-27(32)25-20(2)16-21(3)26(28)23(25)17-22/h5,7-8,10,16,19H,4,6,9,11-15,17-18H2,1-3H3/b7-5+,10-8?,29-22?. The molecule has 0 spiro atoms. The fraction of sp³-hybridized carbons (Fsp3) is 0.519. The molecule has 0 atom stereocenters. The van der Waals surface area contributed by atoms with Gasteiger partial charge in [0.15, 0.2) is 6.61 Å². The van der Waals surface area contributed by atoms with E-state index < -0.39 is 5.97 Å². The lowest BCUT2D eigenvalue weighted by atomic mass is 9.94. The number of ether oxygens (including phenoxy) is 1. The number of rotatable bonds is 3. The number of amides is 1. The van der Waals surface area contributed by atoms with Crippen LogP contribution in [0.2, 0.25) is 5.02 Å². The first-order valence-corrected chi connectivity index (χ1v) is 12.5. The summed E-state index contributed by atoms with van der Waals surface area (Å²) in [5.41, 5.74) is 3.43. The molecule has 34 heavy (non-hydrogen) atoms. The van der Waals surface area contributed by atoms with E-state index in [4.69, 9.17) is 21.2 Å². The van der Waals surface area contributed by atoms with E-state index in [9.17, 15) is 9.59 Å². The number of hydrogen-bond acceptors (Lipinski definition) is 5. The summed E-state index contributed by atoms with van der Waals surface area (Å²) < 4.78 is 5.52. The summed E-state index contributed by atoms with van der Waals surface area (Å²) in [5.74, 6) is 0.205. The van der Waals surface area contributed by atoms with Gasteiger partial charge < -0.3 is 14.5 Å².